The Balaban J connectivity index is 0.000000708. The number of halogens is 1. The number of nitrogens with one attached hydrogen (secondary N) is 2. The van der Waals surface area contributed by atoms with Crippen LogP contribution in [0.25, 0.3) is 0 Å². The molecule has 192 valence electrons. The second kappa shape index (κ2) is 16.2. The number of benzene rings is 2. The molecule has 0 aromatic heterocycles. The Labute approximate surface area is 218 Å². The maximum Gasteiger partial charge on any atom is 0.159 e. The molecule has 2 aromatic rings. The largest absolute Gasteiger partial charge is 0.363 e. The van der Waals surface area contributed by atoms with Gasteiger partial charge in [-0.25, -0.2) is 4.39 Å². The van der Waals surface area contributed by atoms with E-state index in [0.717, 1.165) is 47.7 Å². The number of allylic oxidation sites excluding steroid dienone is 1. The van der Waals surface area contributed by atoms with E-state index >= 15 is 0 Å². The lowest BCUT2D eigenvalue weighted by Crippen LogP contribution is -2.33. The van der Waals surface area contributed by atoms with Gasteiger partial charge >= 0.3 is 0 Å². The molecule has 0 saturated heterocycles. The molecule has 2 N–H and O–H groups in total. The summed E-state index contributed by atoms with van der Waals surface area (Å²) in [5.74, 6) is 1.13. The number of benzodiazepines with no additional fused rings is 1. The first-order valence-electron chi connectivity index (χ1n) is 12.6. The maximum atomic E-state index is 14.6. The third-order valence-corrected chi connectivity index (χ3v) is 6.00. The van der Waals surface area contributed by atoms with Gasteiger partial charge in [0.2, 0.25) is 0 Å². The molecule has 36 heavy (non-hydrogen) atoms. The highest BCUT2D eigenvalue weighted by molar-refractivity contribution is 6.16. The van der Waals surface area contributed by atoms with Gasteiger partial charge in [0.25, 0.3) is 0 Å². The van der Waals surface area contributed by atoms with Crippen LogP contribution in [0, 0.1) is 30.5 Å². The predicted molar refractivity (Wildman–Crippen MR) is 156 cm³/mol. The van der Waals surface area contributed by atoms with Gasteiger partial charge < -0.3 is 10.6 Å². The highest BCUT2D eigenvalue weighted by Crippen LogP contribution is 2.30. The molecule has 4 rings (SSSR count). The van der Waals surface area contributed by atoms with Gasteiger partial charge in [0.15, 0.2) is 6.17 Å². The molecule has 1 fully saturated rings. The van der Waals surface area contributed by atoms with E-state index in [-0.39, 0.29) is 5.82 Å². The number of terminal acetylenes is 1. The van der Waals surface area contributed by atoms with E-state index in [1.165, 1.54) is 18.9 Å². The molecule has 0 bridgehead atoms. The van der Waals surface area contributed by atoms with Crippen LogP contribution in [0.5, 0.6) is 0 Å². The molecule has 0 radical (unpaired) electrons. The van der Waals surface area contributed by atoms with Crippen LogP contribution in [0.1, 0.15) is 64.0 Å². The van der Waals surface area contributed by atoms with Gasteiger partial charge in [0.1, 0.15) is 5.82 Å². The minimum atomic E-state index is -0.430. The molecule has 3 nitrogen and oxygen atoms in total. The zero-order chi connectivity index (χ0) is 27.1. The molecule has 2 aliphatic rings. The Kier molecular flexibility index (Phi) is 13.7. The quantitative estimate of drug-likeness (QED) is 0.304. The topological polar surface area (TPSA) is 36.4 Å². The normalized spacial score (nSPS) is 16.3. The van der Waals surface area contributed by atoms with E-state index in [0.29, 0.717) is 17.3 Å². The summed E-state index contributed by atoms with van der Waals surface area (Å²) in [5.41, 5.74) is 4.34. The second-order valence-electron chi connectivity index (χ2n) is 8.80. The van der Waals surface area contributed by atoms with Crippen molar-refractivity contribution in [2.45, 2.75) is 59.0 Å². The van der Waals surface area contributed by atoms with Crippen LogP contribution in [-0.4, -0.2) is 11.9 Å². The van der Waals surface area contributed by atoms with Crippen LogP contribution in [0.4, 0.5) is 10.1 Å². The van der Waals surface area contributed by atoms with Crippen molar-refractivity contribution in [2.75, 3.05) is 5.32 Å². The van der Waals surface area contributed by atoms with Crippen molar-refractivity contribution in [2.24, 2.45) is 16.8 Å². The third kappa shape index (κ3) is 8.89. The molecule has 2 atom stereocenters. The Morgan fingerprint density at radius 2 is 1.72 bits per heavy atom. The molecule has 1 heterocycles. The first-order chi connectivity index (χ1) is 17.4. The van der Waals surface area contributed by atoms with Gasteiger partial charge in [-0.1, -0.05) is 95.7 Å². The number of para-hydroxylation sites is 1. The van der Waals surface area contributed by atoms with E-state index in [4.69, 9.17) is 4.99 Å². The molecule has 2 aromatic carbocycles. The Morgan fingerprint density at radius 3 is 2.25 bits per heavy atom. The van der Waals surface area contributed by atoms with E-state index in [1.54, 1.807) is 6.07 Å². The van der Waals surface area contributed by atoms with Crippen molar-refractivity contribution in [1.29, 1.82) is 0 Å². The Morgan fingerprint density at radius 1 is 1.11 bits per heavy atom. The molecule has 2 unspecified atom stereocenters. The summed E-state index contributed by atoms with van der Waals surface area (Å²) < 4.78 is 14.6. The Bertz CT molecular complexity index is 1020. The van der Waals surface area contributed by atoms with Crippen LogP contribution in [-0.2, 0) is 0 Å². The summed E-state index contributed by atoms with van der Waals surface area (Å²) in [4.78, 5) is 4.94. The number of anilines is 1. The van der Waals surface area contributed by atoms with E-state index in [1.807, 2.05) is 36.4 Å². The zero-order valence-corrected chi connectivity index (χ0v) is 22.2. The number of rotatable bonds is 7. The van der Waals surface area contributed by atoms with Crippen LogP contribution in [0.15, 0.2) is 91.2 Å². The third-order valence-electron chi connectivity index (χ3n) is 6.00. The van der Waals surface area contributed by atoms with Gasteiger partial charge in [-0.3, -0.25) is 4.99 Å². The monoisotopic (exact) mass is 487 g/mol. The smallest absolute Gasteiger partial charge is 0.159 e. The standard InChI is InChI=1S/C24H28FN3.C4H8.C2H4.C2H2/c1-5-11-18(6-2)16(3)27-24-17(4)26-23-20(14-10-15-21(23)25)22(28-24)19-12-8-7-9-13-19;1-4-2-3-4;2*1-2/h7-10,12-15,18,24,26-27H,3-6,11H2,1-2H3;4H,2-3H2,1H3;1-2H2;1-2H. The van der Waals surface area contributed by atoms with Gasteiger partial charge in [0.05, 0.1) is 17.1 Å². The van der Waals surface area contributed by atoms with Crippen molar-refractivity contribution in [1.82, 2.24) is 5.32 Å². The summed E-state index contributed by atoms with van der Waals surface area (Å²) in [7, 11) is 0. The molecule has 0 spiro atoms. The summed E-state index contributed by atoms with van der Waals surface area (Å²) in [6.45, 7) is 21.0. The van der Waals surface area contributed by atoms with Crippen molar-refractivity contribution >= 4 is 11.4 Å². The molecular formula is C32H42FN3. The average Bonchev–Trinajstić information content (AvgIpc) is 3.72. The van der Waals surface area contributed by atoms with Gasteiger partial charge in [0, 0.05) is 16.8 Å². The van der Waals surface area contributed by atoms with Crippen LogP contribution >= 0.6 is 0 Å². The van der Waals surface area contributed by atoms with Crippen LogP contribution < -0.4 is 10.6 Å². The van der Waals surface area contributed by atoms with Gasteiger partial charge in [-0.05, 0) is 30.7 Å². The minimum Gasteiger partial charge on any atom is -0.363 e. The number of hydrogen-bond donors (Lipinski definition) is 2. The van der Waals surface area contributed by atoms with Crippen molar-refractivity contribution in [3.63, 3.8) is 0 Å². The molecule has 0 amide bonds. The van der Waals surface area contributed by atoms with Crippen LogP contribution in [0.2, 0.25) is 0 Å². The lowest BCUT2D eigenvalue weighted by atomic mass is 9.97. The highest BCUT2D eigenvalue weighted by atomic mass is 19.1. The van der Waals surface area contributed by atoms with Crippen molar-refractivity contribution < 1.29 is 4.39 Å². The molecular weight excluding hydrogens is 445 g/mol. The number of aliphatic imine (C=N–C) groups is 1. The molecule has 1 aliphatic carbocycles. The lowest BCUT2D eigenvalue weighted by Gasteiger charge is -2.24. The molecule has 1 saturated carbocycles. The number of hydrogen-bond acceptors (Lipinski definition) is 3. The predicted octanol–water partition coefficient (Wildman–Crippen LogP) is 8.33. The summed E-state index contributed by atoms with van der Waals surface area (Å²) >= 11 is 0. The van der Waals surface area contributed by atoms with E-state index in [2.05, 4.69) is 70.6 Å². The zero-order valence-electron chi connectivity index (χ0n) is 22.2. The van der Waals surface area contributed by atoms with Gasteiger partial charge in [-0.15, -0.1) is 26.0 Å². The average molecular weight is 488 g/mol. The highest BCUT2D eigenvalue weighted by Gasteiger charge is 2.25. The SMILES string of the molecule is C#C.C=C.C=C(NC1N=C(c2ccccc2)c2cccc(F)c2NC1=C)C(CC)CCC.CC1CC1. The summed E-state index contributed by atoms with van der Waals surface area (Å²) in [6, 6.07) is 14.9. The lowest BCUT2D eigenvalue weighted by molar-refractivity contribution is 0.483. The summed E-state index contributed by atoms with van der Waals surface area (Å²) in [5, 5.41) is 6.58. The summed E-state index contributed by atoms with van der Waals surface area (Å²) in [6.07, 6.45) is 13.7. The van der Waals surface area contributed by atoms with E-state index < -0.39 is 6.17 Å². The molecule has 1 aliphatic heterocycles. The minimum absolute atomic E-state index is 0.320. The maximum absolute atomic E-state index is 14.6. The first kappa shape index (κ1) is 30.5. The fraction of sp³-hybridized carbons (Fsp3) is 0.344. The Hall–Kier alpha value is -3.58. The van der Waals surface area contributed by atoms with Crippen LogP contribution in [0.3, 0.4) is 0 Å². The second-order valence-corrected chi connectivity index (χ2v) is 8.80. The van der Waals surface area contributed by atoms with E-state index in [9.17, 15) is 4.39 Å². The first-order valence-corrected chi connectivity index (χ1v) is 12.6. The van der Waals surface area contributed by atoms with Crippen molar-refractivity contribution in [3.8, 4) is 12.8 Å². The number of fused-ring (bicyclic) bond motifs is 1. The number of nitrogens with zero attached hydrogens (tertiary/aromatic N) is 1. The fourth-order valence-corrected chi connectivity index (χ4v) is 3.73. The fourth-order valence-electron chi connectivity index (χ4n) is 3.73. The van der Waals surface area contributed by atoms with Gasteiger partial charge in [-0.2, -0.15) is 0 Å². The van der Waals surface area contributed by atoms with Crippen molar-refractivity contribution in [3.05, 3.63) is 103 Å². The molecule has 4 heteroatoms.